The third-order valence-electron chi connectivity index (χ3n) is 3.91. The standard InChI is InChI=1S/C14H23F2NO7/c1-3-23-13(22)14(16)12(15)9(17)7(4-6(2)19)11(24-14)10(21)8(20)5-18/h7-12,18,20-21H,3-5,17H2,1-2H3/t7-,8-,9+,10-,11?,12?,14-/m1/s1. The van der Waals surface area contributed by atoms with Crippen molar-refractivity contribution in [1.82, 2.24) is 0 Å². The number of aliphatic hydroxyl groups is 3. The Bertz CT molecular complexity index is 466. The van der Waals surface area contributed by atoms with Crippen LogP contribution in [0.5, 0.6) is 0 Å². The molecule has 0 radical (unpaired) electrons. The molecule has 0 aliphatic carbocycles. The Hall–Kier alpha value is -1.20. The minimum absolute atomic E-state index is 0.251. The van der Waals surface area contributed by atoms with Gasteiger partial charge in [-0.2, -0.15) is 4.39 Å². The van der Waals surface area contributed by atoms with Crippen molar-refractivity contribution in [3.63, 3.8) is 0 Å². The van der Waals surface area contributed by atoms with E-state index in [2.05, 4.69) is 4.74 Å². The number of ketones is 1. The Morgan fingerprint density at radius 1 is 1.42 bits per heavy atom. The number of esters is 1. The highest BCUT2D eigenvalue weighted by Gasteiger charge is 2.62. The first-order chi connectivity index (χ1) is 11.1. The van der Waals surface area contributed by atoms with E-state index in [-0.39, 0.29) is 13.0 Å². The second kappa shape index (κ2) is 8.26. The van der Waals surface area contributed by atoms with Crippen LogP contribution in [-0.4, -0.2) is 76.7 Å². The lowest BCUT2D eigenvalue weighted by Crippen LogP contribution is -2.68. The fraction of sp³-hybridized carbons (Fsp3) is 0.857. The van der Waals surface area contributed by atoms with E-state index in [4.69, 9.17) is 15.6 Å². The molecule has 0 bridgehead atoms. The van der Waals surface area contributed by atoms with Crippen molar-refractivity contribution < 1.29 is 43.2 Å². The predicted molar refractivity (Wildman–Crippen MR) is 76.1 cm³/mol. The Labute approximate surface area is 137 Å². The molecule has 1 heterocycles. The highest BCUT2D eigenvalue weighted by atomic mass is 19.2. The minimum atomic E-state index is -3.59. The minimum Gasteiger partial charge on any atom is -0.462 e. The number of nitrogens with two attached hydrogens (primary N) is 1. The molecule has 1 fully saturated rings. The lowest BCUT2D eigenvalue weighted by molar-refractivity contribution is -0.286. The molecule has 0 spiro atoms. The maximum Gasteiger partial charge on any atom is 0.375 e. The number of ether oxygens (including phenoxy) is 2. The third-order valence-corrected chi connectivity index (χ3v) is 3.91. The Morgan fingerprint density at radius 3 is 2.46 bits per heavy atom. The summed E-state index contributed by atoms with van der Waals surface area (Å²) in [6, 6.07) is -1.68. The van der Waals surface area contributed by atoms with E-state index in [1.54, 1.807) is 0 Å². The van der Waals surface area contributed by atoms with Crippen molar-refractivity contribution in [2.24, 2.45) is 11.7 Å². The first kappa shape index (κ1) is 20.8. The molecule has 0 amide bonds. The van der Waals surface area contributed by atoms with Crippen molar-refractivity contribution in [3.05, 3.63) is 0 Å². The average molecular weight is 355 g/mol. The molecule has 1 aliphatic rings. The van der Waals surface area contributed by atoms with Crippen LogP contribution in [0.25, 0.3) is 0 Å². The Balaban J connectivity index is 3.21. The van der Waals surface area contributed by atoms with Crippen LogP contribution in [0.3, 0.4) is 0 Å². The molecule has 0 saturated carbocycles. The molecule has 2 unspecified atom stereocenters. The van der Waals surface area contributed by atoms with Gasteiger partial charge in [0.05, 0.1) is 19.3 Å². The number of carbonyl (C=O) groups excluding carboxylic acids is 2. The summed E-state index contributed by atoms with van der Waals surface area (Å²) in [5, 5.41) is 28.5. The first-order valence-electron chi connectivity index (χ1n) is 7.50. The number of hydrogen-bond donors (Lipinski definition) is 4. The van der Waals surface area contributed by atoms with Gasteiger partial charge in [0.15, 0.2) is 6.17 Å². The summed E-state index contributed by atoms with van der Waals surface area (Å²) in [5.74, 6) is -6.91. The van der Waals surface area contributed by atoms with Crippen LogP contribution in [0.1, 0.15) is 20.3 Å². The second-order valence-electron chi connectivity index (χ2n) is 5.74. The van der Waals surface area contributed by atoms with E-state index in [1.807, 2.05) is 0 Å². The van der Waals surface area contributed by atoms with Crippen LogP contribution in [0.4, 0.5) is 8.78 Å². The number of Topliss-reactive ketones (excluding diaryl/α,β-unsaturated/α-hetero) is 1. The van der Waals surface area contributed by atoms with Gasteiger partial charge in [-0.25, -0.2) is 9.18 Å². The molecule has 5 N–H and O–H groups in total. The van der Waals surface area contributed by atoms with E-state index < -0.39 is 60.7 Å². The summed E-state index contributed by atoms with van der Waals surface area (Å²) in [5.41, 5.74) is 5.64. The van der Waals surface area contributed by atoms with Gasteiger partial charge < -0.3 is 35.3 Å². The number of rotatable bonds is 7. The molecule has 140 valence electrons. The van der Waals surface area contributed by atoms with E-state index >= 15 is 0 Å². The zero-order valence-electron chi connectivity index (χ0n) is 13.4. The highest BCUT2D eigenvalue weighted by Crippen LogP contribution is 2.39. The monoisotopic (exact) mass is 355 g/mol. The fourth-order valence-corrected chi connectivity index (χ4v) is 2.66. The molecule has 8 nitrogen and oxygen atoms in total. The summed E-state index contributed by atoms with van der Waals surface area (Å²) >= 11 is 0. The summed E-state index contributed by atoms with van der Waals surface area (Å²) in [6.07, 6.45) is -8.38. The molecule has 1 aliphatic heterocycles. The van der Waals surface area contributed by atoms with Gasteiger partial charge in [-0.1, -0.05) is 0 Å². The molecule has 0 aromatic rings. The van der Waals surface area contributed by atoms with E-state index in [1.165, 1.54) is 13.8 Å². The summed E-state index contributed by atoms with van der Waals surface area (Å²) in [6.45, 7) is 1.39. The summed E-state index contributed by atoms with van der Waals surface area (Å²) in [4.78, 5) is 23.1. The normalized spacial score (nSPS) is 36.0. The van der Waals surface area contributed by atoms with Crippen LogP contribution in [0.15, 0.2) is 0 Å². The largest absolute Gasteiger partial charge is 0.462 e. The highest BCUT2D eigenvalue weighted by molar-refractivity contribution is 5.79. The third kappa shape index (κ3) is 4.06. The molecule has 10 heteroatoms. The van der Waals surface area contributed by atoms with E-state index in [9.17, 15) is 28.6 Å². The maximum atomic E-state index is 14.8. The molecular formula is C14H23F2NO7. The lowest BCUT2D eigenvalue weighted by Gasteiger charge is -2.46. The number of carbonyl (C=O) groups is 2. The van der Waals surface area contributed by atoms with Crippen molar-refractivity contribution in [1.29, 1.82) is 0 Å². The number of alkyl halides is 2. The summed E-state index contributed by atoms with van der Waals surface area (Å²) in [7, 11) is 0. The fourth-order valence-electron chi connectivity index (χ4n) is 2.66. The molecule has 1 saturated heterocycles. The molecular weight excluding hydrogens is 332 g/mol. The van der Waals surface area contributed by atoms with Crippen molar-refractivity contribution >= 4 is 11.8 Å². The topological polar surface area (TPSA) is 139 Å². The quantitative estimate of drug-likeness (QED) is 0.409. The molecule has 0 aromatic carbocycles. The van der Waals surface area contributed by atoms with Gasteiger partial charge in [0, 0.05) is 18.4 Å². The summed E-state index contributed by atoms with van der Waals surface area (Å²) < 4.78 is 38.4. The van der Waals surface area contributed by atoms with Gasteiger partial charge >= 0.3 is 11.8 Å². The van der Waals surface area contributed by atoms with Crippen molar-refractivity contribution in [3.8, 4) is 0 Å². The zero-order valence-corrected chi connectivity index (χ0v) is 13.4. The molecule has 0 aromatic heterocycles. The maximum absolute atomic E-state index is 14.8. The lowest BCUT2D eigenvalue weighted by atomic mass is 9.79. The van der Waals surface area contributed by atoms with Gasteiger partial charge in [0.25, 0.3) is 0 Å². The zero-order chi connectivity index (χ0) is 18.7. The van der Waals surface area contributed by atoms with Gasteiger partial charge in [-0.05, 0) is 13.8 Å². The van der Waals surface area contributed by atoms with Crippen molar-refractivity contribution in [2.45, 2.75) is 56.6 Å². The van der Waals surface area contributed by atoms with Gasteiger partial charge in [0.2, 0.25) is 0 Å². The van der Waals surface area contributed by atoms with Crippen LogP contribution >= 0.6 is 0 Å². The average Bonchev–Trinajstić information content (AvgIpc) is 2.53. The van der Waals surface area contributed by atoms with Gasteiger partial charge in [0.1, 0.15) is 18.0 Å². The Morgan fingerprint density at radius 2 is 2.00 bits per heavy atom. The van der Waals surface area contributed by atoms with Crippen LogP contribution in [-0.2, 0) is 19.1 Å². The molecule has 24 heavy (non-hydrogen) atoms. The molecule has 1 rings (SSSR count). The van der Waals surface area contributed by atoms with Crippen LogP contribution in [0, 0.1) is 5.92 Å². The number of hydrogen-bond acceptors (Lipinski definition) is 8. The smallest absolute Gasteiger partial charge is 0.375 e. The molecule has 7 atom stereocenters. The van der Waals surface area contributed by atoms with E-state index in [0.29, 0.717) is 0 Å². The SMILES string of the molecule is CCOC(=O)[C@]1(F)OC([C@H](O)[C@H](O)CO)[C@H](CC(C)=O)[C@H](N)C1F. The second-order valence-corrected chi connectivity index (χ2v) is 5.74. The van der Waals surface area contributed by atoms with E-state index in [0.717, 1.165) is 0 Å². The van der Waals surface area contributed by atoms with Crippen LogP contribution in [0.2, 0.25) is 0 Å². The predicted octanol–water partition coefficient (Wildman–Crippen LogP) is -1.41. The number of aliphatic hydroxyl groups excluding tert-OH is 3. The number of halogens is 2. The van der Waals surface area contributed by atoms with Crippen LogP contribution < -0.4 is 5.73 Å². The first-order valence-corrected chi connectivity index (χ1v) is 7.50. The van der Waals surface area contributed by atoms with Gasteiger partial charge in [-0.3, -0.25) is 0 Å². The van der Waals surface area contributed by atoms with Gasteiger partial charge in [-0.15, -0.1) is 0 Å². The van der Waals surface area contributed by atoms with Crippen molar-refractivity contribution in [2.75, 3.05) is 13.2 Å². The Kier molecular flexibility index (Phi) is 7.17.